The monoisotopic (exact) mass is 452 g/mol. The van der Waals surface area contributed by atoms with E-state index >= 15 is 0 Å². The number of fused-ring (bicyclic) bond motifs is 1. The van der Waals surface area contributed by atoms with Gasteiger partial charge in [0.05, 0.1) is 16.6 Å². The number of aromatic nitrogens is 2. The number of piperidine rings is 1. The summed E-state index contributed by atoms with van der Waals surface area (Å²) < 4.78 is 1.47. The normalized spacial score (nSPS) is 18.0. The van der Waals surface area contributed by atoms with E-state index < -0.39 is 5.97 Å². The van der Waals surface area contributed by atoms with Crippen molar-refractivity contribution in [2.24, 2.45) is 5.41 Å². The van der Waals surface area contributed by atoms with Gasteiger partial charge in [0.1, 0.15) is 11.5 Å². The first-order valence-corrected chi connectivity index (χ1v) is 11.3. The van der Waals surface area contributed by atoms with Gasteiger partial charge in [-0.1, -0.05) is 23.7 Å². The van der Waals surface area contributed by atoms with Gasteiger partial charge in [-0.2, -0.15) is 0 Å². The van der Waals surface area contributed by atoms with E-state index in [0.717, 1.165) is 31.5 Å². The maximum absolute atomic E-state index is 13.0. The standard InChI is InChI=1S/C24H25ClN4O3/c1-15(26-19-5-3-2-4-17(19)23(31)32)18-12-16(25)14-29-21(30)13-20(27-22(18)29)28-10-8-24(6-7-24)9-11-28/h2-5,12-15,26H,6-11H2,1H3,(H,31,32)/t15-/m1/s1. The number of carbonyl (C=O) groups is 1. The number of anilines is 2. The van der Waals surface area contributed by atoms with Gasteiger partial charge < -0.3 is 15.3 Å². The van der Waals surface area contributed by atoms with Crippen molar-refractivity contribution < 1.29 is 9.90 Å². The van der Waals surface area contributed by atoms with E-state index in [2.05, 4.69) is 10.2 Å². The van der Waals surface area contributed by atoms with Gasteiger partial charge in [0.2, 0.25) is 0 Å². The minimum Gasteiger partial charge on any atom is -0.478 e. The Morgan fingerprint density at radius 2 is 1.91 bits per heavy atom. The van der Waals surface area contributed by atoms with E-state index in [1.807, 2.05) is 6.92 Å². The summed E-state index contributed by atoms with van der Waals surface area (Å²) in [6, 6.07) is 9.77. The summed E-state index contributed by atoms with van der Waals surface area (Å²) >= 11 is 6.33. The summed E-state index contributed by atoms with van der Waals surface area (Å²) in [7, 11) is 0. The molecule has 0 bridgehead atoms. The summed E-state index contributed by atoms with van der Waals surface area (Å²) in [6.07, 6.45) is 6.50. The molecule has 7 nitrogen and oxygen atoms in total. The first-order chi connectivity index (χ1) is 15.3. The maximum Gasteiger partial charge on any atom is 0.337 e. The number of carboxylic acids is 1. The van der Waals surface area contributed by atoms with Gasteiger partial charge in [-0.05, 0) is 56.2 Å². The van der Waals surface area contributed by atoms with Crippen LogP contribution >= 0.6 is 11.6 Å². The summed E-state index contributed by atoms with van der Waals surface area (Å²) in [4.78, 5) is 31.6. The number of nitrogens with one attached hydrogen (secondary N) is 1. The van der Waals surface area contributed by atoms with E-state index in [1.54, 1.807) is 42.6 Å². The molecule has 8 heteroatoms. The van der Waals surface area contributed by atoms with Crippen molar-refractivity contribution in [1.82, 2.24) is 9.38 Å². The van der Waals surface area contributed by atoms with Gasteiger partial charge in [0.15, 0.2) is 0 Å². The Morgan fingerprint density at radius 3 is 2.59 bits per heavy atom. The average Bonchev–Trinajstić information content (AvgIpc) is 3.53. The SMILES string of the molecule is C[C@@H](Nc1ccccc1C(=O)O)c1cc(Cl)cn2c(=O)cc(N3CCC4(CC3)CC4)nc12. The molecule has 0 amide bonds. The minimum absolute atomic E-state index is 0.179. The summed E-state index contributed by atoms with van der Waals surface area (Å²) in [5, 5.41) is 13.2. The van der Waals surface area contributed by atoms with E-state index in [1.165, 1.54) is 17.2 Å². The Balaban J connectivity index is 1.53. The van der Waals surface area contributed by atoms with Gasteiger partial charge in [-0.25, -0.2) is 9.78 Å². The van der Waals surface area contributed by atoms with Crippen LogP contribution in [0.3, 0.4) is 0 Å². The van der Waals surface area contributed by atoms with Gasteiger partial charge in [-0.3, -0.25) is 9.20 Å². The molecule has 1 saturated heterocycles. The second-order valence-corrected chi connectivity index (χ2v) is 9.40. The highest BCUT2D eigenvalue weighted by atomic mass is 35.5. The number of nitrogens with zero attached hydrogens (tertiary/aromatic N) is 3. The molecule has 2 N–H and O–H groups in total. The summed E-state index contributed by atoms with van der Waals surface area (Å²) in [5.74, 6) is -0.321. The van der Waals surface area contributed by atoms with E-state index in [9.17, 15) is 14.7 Å². The zero-order chi connectivity index (χ0) is 22.5. The number of benzene rings is 1. The van der Waals surface area contributed by atoms with Crippen molar-refractivity contribution in [3.63, 3.8) is 0 Å². The molecule has 1 aromatic carbocycles. The van der Waals surface area contributed by atoms with Crippen molar-refractivity contribution in [2.75, 3.05) is 23.3 Å². The van der Waals surface area contributed by atoms with Gasteiger partial charge in [0.25, 0.3) is 5.56 Å². The second-order valence-electron chi connectivity index (χ2n) is 8.96. The van der Waals surface area contributed by atoms with Crippen LogP contribution in [-0.2, 0) is 0 Å². The van der Waals surface area contributed by atoms with Gasteiger partial charge in [0, 0.05) is 36.6 Å². The Hall–Kier alpha value is -3.06. The first-order valence-electron chi connectivity index (χ1n) is 10.9. The molecule has 166 valence electrons. The third kappa shape index (κ3) is 3.81. The number of hydrogen-bond acceptors (Lipinski definition) is 5. The number of para-hydroxylation sites is 1. The lowest BCUT2D eigenvalue weighted by Crippen LogP contribution is -2.36. The smallest absolute Gasteiger partial charge is 0.337 e. The largest absolute Gasteiger partial charge is 0.478 e. The first kappa shape index (κ1) is 20.8. The molecule has 1 spiro atoms. The molecule has 3 aromatic rings. The fourth-order valence-corrected chi connectivity index (χ4v) is 4.87. The fourth-order valence-electron chi connectivity index (χ4n) is 4.66. The predicted octanol–water partition coefficient (Wildman–Crippen LogP) is 4.60. The highest BCUT2D eigenvalue weighted by Gasteiger charge is 2.44. The lowest BCUT2D eigenvalue weighted by Gasteiger charge is -2.33. The van der Waals surface area contributed by atoms with Crippen molar-refractivity contribution in [3.8, 4) is 0 Å². The fraction of sp³-hybridized carbons (Fsp3) is 0.375. The number of carboxylic acid groups (broad SMARTS) is 1. The van der Waals surface area contributed by atoms with Crippen LogP contribution in [0.25, 0.3) is 5.65 Å². The Bertz CT molecular complexity index is 1260. The molecule has 3 heterocycles. The maximum atomic E-state index is 13.0. The van der Waals surface area contributed by atoms with Crippen LogP contribution < -0.4 is 15.8 Å². The molecule has 2 aliphatic rings. The Morgan fingerprint density at radius 1 is 1.19 bits per heavy atom. The summed E-state index contributed by atoms with van der Waals surface area (Å²) in [5.41, 5.74) is 2.29. The molecule has 32 heavy (non-hydrogen) atoms. The second kappa shape index (κ2) is 7.81. The van der Waals surface area contributed by atoms with Crippen LogP contribution in [0, 0.1) is 5.41 Å². The highest BCUT2D eigenvalue weighted by molar-refractivity contribution is 6.30. The zero-order valence-corrected chi connectivity index (χ0v) is 18.6. The zero-order valence-electron chi connectivity index (χ0n) is 17.8. The molecule has 1 aliphatic carbocycles. The molecular weight excluding hydrogens is 428 g/mol. The molecule has 0 unspecified atom stereocenters. The molecule has 2 aromatic heterocycles. The quantitative estimate of drug-likeness (QED) is 0.588. The Kier molecular flexibility index (Phi) is 5.08. The molecule has 0 radical (unpaired) electrons. The lowest BCUT2D eigenvalue weighted by atomic mass is 9.94. The average molecular weight is 453 g/mol. The number of aromatic carboxylic acids is 1. The summed E-state index contributed by atoms with van der Waals surface area (Å²) in [6.45, 7) is 3.72. The van der Waals surface area contributed by atoms with Crippen molar-refractivity contribution >= 4 is 34.7 Å². The van der Waals surface area contributed by atoms with Crippen LogP contribution in [0.5, 0.6) is 0 Å². The Labute approximate surface area is 190 Å². The minimum atomic E-state index is -1.01. The molecular formula is C24H25ClN4O3. The van der Waals surface area contributed by atoms with Crippen LogP contribution in [-0.4, -0.2) is 33.6 Å². The van der Waals surface area contributed by atoms with Crippen LogP contribution in [0.2, 0.25) is 5.02 Å². The van der Waals surface area contributed by atoms with E-state index in [0.29, 0.717) is 27.6 Å². The lowest BCUT2D eigenvalue weighted by molar-refractivity contribution is 0.0698. The molecule has 5 rings (SSSR count). The number of rotatable bonds is 5. The number of halogens is 1. The topological polar surface area (TPSA) is 86.9 Å². The number of pyridine rings is 1. The third-order valence-corrected chi connectivity index (χ3v) is 7.05. The van der Waals surface area contributed by atoms with Gasteiger partial charge >= 0.3 is 5.97 Å². The van der Waals surface area contributed by atoms with E-state index in [-0.39, 0.29) is 17.2 Å². The molecule has 1 atom stereocenters. The highest BCUT2D eigenvalue weighted by Crippen LogP contribution is 2.53. The van der Waals surface area contributed by atoms with Crippen molar-refractivity contribution in [2.45, 2.75) is 38.6 Å². The molecule has 2 fully saturated rings. The van der Waals surface area contributed by atoms with Crippen molar-refractivity contribution in [3.05, 3.63) is 69.1 Å². The molecule has 1 saturated carbocycles. The van der Waals surface area contributed by atoms with Crippen LogP contribution in [0.1, 0.15) is 54.6 Å². The third-order valence-electron chi connectivity index (χ3n) is 6.84. The van der Waals surface area contributed by atoms with Crippen LogP contribution in [0.4, 0.5) is 11.5 Å². The number of hydrogen-bond donors (Lipinski definition) is 2. The van der Waals surface area contributed by atoms with Crippen molar-refractivity contribution in [1.29, 1.82) is 0 Å². The predicted molar refractivity (Wildman–Crippen MR) is 125 cm³/mol. The van der Waals surface area contributed by atoms with Gasteiger partial charge in [-0.15, -0.1) is 0 Å². The van der Waals surface area contributed by atoms with Crippen LogP contribution in [0.15, 0.2) is 47.4 Å². The van der Waals surface area contributed by atoms with E-state index in [4.69, 9.17) is 16.6 Å². The molecule has 1 aliphatic heterocycles.